The highest BCUT2D eigenvalue weighted by Gasteiger charge is 2.17. The summed E-state index contributed by atoms with van der Waals surface area (Å²) in [5.41, 5.74) is 1.39. The van der Waals surface area contributed by atoms with E-state index in [-0.39, 0.29) is 0 Å². The third kappa shape index (κ3) is 2.56. The van der Waals surface area contributed by atoms with Crippen molar-refractivity contribution in [2.24, 2.45) is 0 Å². The molecule has 1 aromatic heterocycles. The molecule has 0 saturated heterocycles. The zero-order chi connectivity index (χ0) is 13.8. The second kappa shape index (κ2) is 5.75. The second-order valence-electron chi connectivity index (χ2n) is 3.62. The van der Waals surface area contributed by atoms with Gasteiger partial charge in [-0.1, -0.05) is 11.6 Å². The lowest BCUT2D eigenvalue weighted by Gasteiger charge is -2.15. The lowest BCUT2D eigenvalue weighted by atomic mass is 10.1. The van der Waals surface area contributed by atoms with E-state index < -0.39 is 0 Å². The summed E-state index contributed by atoms with van der Waals surface area (Å²) in [6.45, 7) is 0. The van der Waals surface area contributed by atoms with Crippen molar-refractivity contribution >= 4 is 11.6 Å². The van der Waals surface area contributed by atoms with Crippen LogP contribution in [0.3, 0.4) is 0 Å². The van der Waals surface area contributed by atoms with Crippen molar-refractivity contribution in [1.29, 1.82) is 0 Å². The highest BCUT2D eigenvalue weighted by molar-refractivity contribution is 6.29. The molecule has 100 valence electrons. The van der Waals surface area contributed by atoms with E-state index in [1.54, 1.807) is 39.5 Å². The molecule has 19 heavy (non-hydrogen) atoms. The molecule has 2 aromatic rings. The van der Waals surface area contributed by atoms with E-state index in [0.717, 1.165) is 5.56 Å². The van der Waals surface area contributed by atoms with E-state index in [2.05, 4.69) is 10.2 Å². The first-order chi connectivity index (χ1) is 9.21. The van der Waals surface area contributed by atoms with Crippen LogP contribution in [0.25, 0.3) is 11.3 Å². The molecule has 5 nitrogen and oxygen atoms in total. The van der Waals surface area contributed by atoms with E-state index in [0.29, 0.717) is 28.1 Å². The molecule has 0 aliphatic rings. The summed E-state index contributed by atoms with van der Waals surface area (Å²) in [6, 6.07) is 7.05. The number of benzene rings is 1. The molecule has 0 spiro atoms. The summed E-state index contributed by atoms with van der Waals surface area (Å²) >= 11 is 5.73. The van der Waals surface area contributed by atoms with Crippen LogP contribution < -0.4 is 14.2 Å². The van der Waals surface area contributed by atoms with Crippen LogP contribution in [0, 0.1) is 0 Å². The topological polar surface area (TPSA) is 53.5 Å². The minimum Gasteiger partial charge on any atom is -0.493 e. The van der Waals surface area contributed by atoms with Gasteiger partial charge < -0.3 is 14.2 Å². The fraction of sp³-hybridized carbons (Fsp3) is 0.231. The summed E-state index contributed by atoms with van der Waals surface area (Å²) in [6.07, 6.45) is 0. The van der Waals surface area contributed by atoms with Crippen molar-refractivity contribution in [3.05, 3.63) is 29.4 Å². The number of hydrogen-bond donors (Lipinski definition) is 0. The standard InChI is InChI=1S/C13H13ClN2O3/c1-17-10-6-4-8(12(18-2)13(10)19-3)9-5-7-11(14)16-15-9/h4-7H,1-3H3. The maximum absolute atomic E-state index is 5.73. The van der Waals surface area contributed by atoms with Crippen LogP contribution in [-0.2, 0) is 0 Å². The van der Waals surface area contributed by atoms with E-state index in [9.17, 15) is 0 Å². The Balaban J connectivity index is 2.60. The van der Waals surface area contributed by atoms with Crippen molar-refractivity contribution in [3.8, 4) is 28.5 Å². The van der Waals surface area contributed by atoms with Gasteiger partial charge in [-0.15, -0.1) is 10.2 Å². The molecule has 0 fully saturated rings. The van der Waals surface area contributed by atoms with Gasteiger partial charge in [0.25, 0.3) is 0 Å². The van der Waals surface area contributed by atoms with Gasteiger partial charge in [-0.2, -0.15) is 0 Å². The van der Waals surface area contributed by atoms with Crippen LogP contribution in [0.5, 0.6) is 17.2 Å². The number of ether oxygens (including phenoxy) is 3. The van der Waals surface area contributed by atoms with E-state index in [4.69, 9.17) is 25.8 Å². The minimum atomic E-state index is 0.336. The Morgan fingerprint density at radius 2 is 1.58 bits per heavy atom. The van der Waals surface area contributed by atoms with Crippen LogP contribution in [0.15, 0.2) is 24.3 Å². The highest BCUT2D eigenvalue weighted by atomic mass is 35.5. The van der Waals surface area contributed by atoms with Gasteiger partial charge in [0.2, 0.25) is 5.75 Å². The Bertz CT molecular complexity index is 573. The first-order valence-electron chi connectivity index (χ1n) is 5.49. The summed E-state index contributed by atoms with van der Waals surface area (Å²) in [5.74, 6) is 1.64. The van der Waals surface area contributed by atoms with Crippen molar-refractivity contribution < 1.29 is 14.2 Å². The summed E-state index contributed by atoms with van der Waals surface area (Å²) in [7, 11) is 4.68. The molecule has 0 aliphatic carbocycles. The monoisotopic (exact) mass is 280 g/mol. The van der Waals surface area contributed by atoms with Gasteiger partial charge in [0.05, 0.1) is 27.0 Å². The zero-order valence-electron chi connectivity index (χ0n) is 10.8. The first kappa shape index (κ1) is 13.4. The Morgan fingerprint density at radius 3 is 2.11 bits per heavy atom. The molecule has 0 radical (unpaired) electrons. The maximum Gasteiger partial charge on any atom is 0.203 e. The Hall–Kier alpha value is -2.01. The Labute approximate surface area is 116 Å². The van der Waals surface area contributed by atoms with Crippen molar-refractivity contribution in [3.63, 3.8) is 0 Å². The van der Waals surface area contributed by atoms with Gasteiger partial charge in [0, 0.05) is 5.56 Å². The number of hydrogen-bond acceptors (Lipinski definition) is 5. The molecular weight excluding hydrogens is 268 g/mol. The van der Waals surface area contributed by atoms with Crippen LogP contribution in [0.1, 0.15) is 0 Å². The maximum atomic E-state index is 5.73. The Morgan fingerprint density at radius 1 is 0.842 bits per heavy atom. The van der Waals surface area contributed by atoms with E-state index in [1.165, 1.54) is 0 Å². The minimum absolute atomic E-state index is 0.336. The van der Waals surface area contributed by atoms with Crippen molar-refractivity contribution in [2.45, 2.75) is 0 Å². The molecule has 0 amide bonds. The zero-order valence-corrected chi connectivity index (χ0v) is 11.6. The fourth-order valence-corrected chi connectivity index (χ4v) is 1.86. The van der Waals surface area contributed by atoms with Crippen molar-refractivity contribution in [1.82, 2.24) is 10.2 Å². The molecule has 0 N–H and O–H groups in total. The van der Waals surface area contributed by atoms with Crippen LogP contribution in [-0.4, -0.2) is 31.5 Å². The third-order valence-electron chi connectivity index (χ3n) is 2.61. The molecule has 2 rings (SSSR count). The molecule has 0 unspecified atom stereocenters. The largest absolute Gasteiger partial charge is 0.493 e. The number of nitrogens with zero attached hydrogens (tertiary/aromatic N) is 2. The van der Waals surface area contributed by atoms with Gasteiger partial charge in [-0.05, 0) is 24.3 Å². The van der Waals surface area contributed by atoms with Crippen LogP contribution in [0.4, 0.5) is 0 Å². The molecule has 0 bridgehead atoms. The number of rotatable bonds is 4. The molecule has 6 heteroatoms. The predicted molar refractivity (Wildman–Crippen MR) is 72.1 cm³/mol. The van der Waals surface area contributed by atoms with Gasteiger partial charge in [-0.25, -0.2) is 0 Å². The third-order valence-corrected chi connectivity index (χ3v) is 2.81. The van der Waals surface area contributed by atoms with Crippen LogP contribution in [0.2, 0.25) is 5.15 Å². The summed E-state index contributed by atoms with van der Waals surface area (Å²) in [5, 5.41) is 8.18. The number of aromatic nitrogens is 2. The lowest BCUT2D eigenvalue weighted by Crippen LogP contribution is -1.98. The highest BCUT2D eigenvalue weighted by Crippen LogP contribution is 2.43. The average Bonchev–Trinajstić information content (AvgIpc) is 2.46. The molecular formula is C13H13ClN2O3. The lowest BCUT2D eigenvalue weighted by molar-refractivity contribution is 0.325. The summed E-state index contributed by atoms with van der Waals surface area (Å²) < 4.78 is 15.9. The molecule has 0 atom stereocenters. The molecule has 0 aliphatic heterocycles. The molecule has 1 heterocycles. The molecule has 0 saturated carbocycles. The van der Waals surface area contributed by atoms with E-state index >= 15 is 0 Å². The fourth-order valence-electron chi connectivity index (χ4n) is 1.76. The van der Waals surface area contributed by atoms with Gasteiger partial charge in [0.15, 0.2) is 16.7 Å². The van der Waals surface area contributed by atoms with Gasteiger partial charge >= 0.3 is 0 Å². The quantitative estimate of drug-likeness (QED) is 0.862. The van der Waals surface area contributed by atoms with Gasteiger partial charge in [-0.3, -0.25) is 0 Å². The van der Waals surface area contributed by atoms with Crippen LogP contribution >= 0.6 is 11.6 Å². The SMILES string of the molecule is COc1ccc(-c2ccc(Cl)nn2)c(OC)c1OC. The van der Waals surface area contributed by atoms with Gasteiger partial charge in [0.1, 0.15) is 0 Å². The van der Waals surface area contributed by atoms with Crippen molar-refractivity contribution in [2.75, 3.05) is 21.3 Å². The number of methoxy groups -OCH3 is 3. The summed E-state index contributed by atoms with van der Waals surface area (Å²) in [4.78, 5) is 0. The molecule has 1 aromatic carbocycles. The normalized spacial score (nSPS) is 10.1. The Kier molecular flexibility index (Phi) is 4.06. The smallest absolute Gasteiger partial charge is 0.203 e. The predicted octanol–water partition coefficient (Wildman–Crippen LogP) is 2.82. The first-order valence-corrected chi connectivity index (χ1v) is 5.87. The number of halogens is 1. The van der Waals surface area contributed by atoms with E-state index in [1.807, 2.05) is 6.07 Å². The average molecular weight is 281 g/mol. The second-order valence-corrected chi connectivity index (χ2v) is 4.01.